The zero-order valence-corrected chi connectivity index (χ0v) is 11.6. The number of halogens is 3. The summed E-state index contributed by atoms with van der Waals surface area (Å²) in [6.45, 7) is 0. The van der Waals surface area contributed by atoms with Crippen LogP contribution in [0.3, 0.4) is 0 Å². The molecule has 0 spiro atoms. The van der Waals surface area contributed by atoms with Crippen LogP contribution in [-0.2, 0) is 11.0 Å². The van der Waals surface area contributed by atoms with E-state index in [1.54, 1.807) is 24.3 Å². The maximum atomic E-state index is 12.6. The SMILES string of the molecule is NC(=O)CC(N)c1cccc(-c2ccc(C(F)(F)F)cc2)c1. The fourth-order valence-electron chi connectivity index (χ4n) is 2.14. The van der Waals surface area contributed by atoms with E-state index in [0.717, 1.165) is 17.7 Å². The average Bonchev–Trinajstić information content (AvgIpc) is 2.46. The maximum absolute atomic E-state index is 12.6. The van der Waals surface area contributed by atoms with Gasteiger partial charge in [-0.2, -0.15) is 13.2 Å². The maximum Gasteiger partial charge on any atom is 0.416 e. The van der Waals surface area contributed by atoms with Gasteiger partial charge >= 0.3 is 6.18 Å². The summed E-state index contributed by atoms with van der Waals surface area (Å²) in [5.74, 6) is -0.507. The summed E-state index contributed by atoms with van der Waals surface area (Å²) in [4.78, 5) is 10.9. The van der Waals surface area contributed by atoms with E-state index >= 15 is 0 Å². The van der Waals surface area contributed by atoms with Crippen molar-refractivity contribution in [2.75, 3.05) is 0 Å². The lowest BCUT2D eigenvalue weighted by atomic mass is 9.97. The van der Waals surface area contributed by atoms with Crippen LogP contribution in [0, 0.1) is 0 Å². The van der Waals surface area contributed by atoms with Crippen LogP contribution in [0.5, 0.6) is 0 Å². The molecule has 0 aromatic heterocycles. The number of carbonyl (C=O) groups is 1. The highest BCUT2D eigenvalue weighted by Crippen LogP contribution is 2.31. The second kappa shape index (κ2) is 6.19. The zero-order chi connectivity index (χ0) is 16.3. The lowest BCUT2D eigenvalue weighted by Crippen LogP contribution is -2.20. The molecule has 0 bridgehead atoms. The molecule has 1 amide bonds. The first-order valence-corrected chi connectivity index (χ1v) is 6.59. The minimum Gasteiger partial charge on any atom is -0.370 e. The summed E-state index contributed by atoms with van der Waals surface area (Å²) in [6.07, 6.45) is -4.35. The van der Waals surface area contributed by atoms with Crippen molar-refractivity contribution >= 4 is 5.91 Å². The van der Waals surface area contributed by atoms with Gasteiger partial charge in [0, 0.05) is 12.5 Å². The number of alkyl halides is 3. The third-order valence-electron chi connectivity index (χ3n) is 3.28. The Morgan fingerprint density at radius 3 is 2.23 bits per heavy atom. The number of carbonyl (C=O) groups excluding carboxylic acids is 1. The van der Waals surface area contributed by atoms with Gasteiger partial charge in [0.2, 0.25) is 5.91 Å². The van der Waals surface area contributed by atoms with Crippen LogP contribution >= 0.6 is 0 Å². The normalized spacial score (nSPS) is 12.9. The third kappa shape index (κ3) is 3.85. The van der Waals surface area contributed by atoms with E-state index in [9.17, 15) is 18.0 Å². The Hall–Kier alpha value is -2.34. The molecule has 2 aromatic carbocycles. The van der Waals surface area contributed by atoms with Crippen molar-refractivity contribution in [3.05, 3.63) is 59.7 Å². The topological polar surface area (TPSA) is 69.1 Å². The molecular formula is C16H15F3N2O. The van der Waals surface area contributed by atoms with E-state index in [-0.39, 0.29) is 6.42 Å². The third-order valence-corrected chi connectivity index (χ3v) is 3.28. The molecule has 2 rings (SSSR count). The first-order chi connectivity index (χ1) is 10.3. The zero-order valence-electron chi connectivity index (χ0n) is 11.6. The van der Waals surface area contributed by atoms with E-state index in [1.807, 2.05) is 0 Å². The molecule has 22 heavy (non-hydrogen) atoms. The van der Waals surface area contributed by atoms with E-state index < -0.39 is 23.7 Å². The van der Waals surface area contributed by atoms with Gasteiger partial charge in [-0.25, -0.2) is 0 Å². The minimum atomic E-state index is -4.36. The highest BCUT2D eigenvalue weighted by molar-refractivity contribution is 5.75. The largest absolute Gasteiger partial charge is 0.416 e. The summed E-state index contributed by atoms with van der Waals surface area (Å²) in [7, 11) is 0. The van der Waals surface area contributed by atoms with Crippen LogP contribution in [0.25, 0.3) is 11.1 Å². The van der Waals surface area contributed by atoms with Crippen molar-refractivity contribution < 1.29 is 18.0 Å². The molecule has 0 saturated carbocycles. The van der Waals surface area contributed by atoms with Gasteiger partial charge in [-0.05, 0) is 34.9 Å². The second-order valence-corrected chi connectivity index (χ2v) is 4.98. The number of amides is 1. The summed E-state index contributed by atoms with van der Waals surface area (Å²) in [5.41, 5.74) is 12.4. The van der Waals surface area contributed by atoms with Gasteiger partial charge in [-0.1, -0.05) is 30.3 Å². The second-order valence-electron chi connectivity index (χ2n) is 4.98. The summed E-state index contributed by atoms with van der Waals surface area (Å²) in [5, 5.41) is 0. The Labute approximate surface area is 125 Å². The van der Waals surface area contributed by atoms with Gasteiger partial charge in [0.25, 0.3) is 0 Å². The van der Waals surface area contributed by atoms with Crippen molar-refractivity contribution in [2.45, 2.75) is 18.6 Å². The minimum absolute atomic E-state index is 0.0104. The molecule has 116 valence electrons. The van der Waals surface area contributed by atoms with Crippen molar-refractivity contribution in [3.63, 3.8) is 0 Å². The molecule has 0 aliphatic rings. The van der Waals surface area contributed by atoms with Gasteiger partial charge in [0.1, 0.15) is 0 Å². The molecule has 0 heterocycles. The smallest absolute Gasteiger partial charge is 0.370 e. The van der Waals surface area contributed by atoms with Crippen molar-refractivity contribution in [1.82, 2.24) is 0 Å². The molecule has 4 N–H and O–H groups in total. The predicted molar refractivity (Wildman–Crippen MR) is 77.6 cm³/mol. The monoisotopic (exact) mass is 308 g/mol. The van der Waals surface area contributed by atoms with Crippen molar-refractivity contribution in [2.24, 2.45) is 11.5 Å². The van der Waals surface area contributed by atoms with E-state index in [0.29, 0.717) is 11.1 Å². The predicted octanol–water partition coefficient (Wildman–Crippen LogP) is 3.25. The van der Waals surface area contributed by atoms with Crippen LogP contribution in [-0.4, -0.2) is 5.91 Å². The van der Waals surface area contributed by atoms with Crippen LogP contribution < -0.4 is 11.5 Å². The molecule has 0 fully saturated rings. The standard InChI is InChI=1S/C16H15F3N2O/c17-16(18,19)13-6-4-10(5-7-13)11-2-1-3-12(8-11)14(20)9-15(21)22/h1-8,14H,9,20H2,(H2,21,22). The fraction of sp³-hybridized carbons (Fsp3) is 0.188. The Morgan fingerprint density at radius 2 is 1.68 bits per heavy atom. The van der Waals surface area contributed by atoms with E-state index in [1.165, 1.54) is 12.1 Å². The first-order valence-electron chi connectivity index (χ1n) is 6.59. The van der Waals surface area contributed by atoms with Gasteiger partial charge in [-0.15, -0.1) is 0 Å². The van der Waals surface area contributed by atoms with Crippen molar-refractivity contribution in [1.29, 1.82) is 0 Å². The molecule has 0 radical (unpaired) electrons. The van der Waals surface area contributed by atoms with Crippen LogP contribution in [0.1, 0.15) is 23.6 Å². The quantitative estimate of drug-likeness (QED) is 0.910. The van der Waals surface area contributed by atoms with Gasteiger partial charge in [0.05, 0.1) is 5.56 Å². The fourth-order valence-corrected chi connectivity index (χ4v) is 2.14. The summed E-state index contributed by atoms with van der Waals surface area (Å²) in [6, 6.07) is 11.3. The molecule has 3 nitrogen and oxygen atoms in total. The van der Waals surface area contributed by atoms with Gasteiger partial charge in [0.15, 0.2) is 0 Å². The molecule has 2 aromatic rings. The Morgan fingerprint density at radius 1 is 1.05 bits per heavy atom. The van der Waals surface area contributed by atoms with E-state index in [4.69, 9.17) is 11.5 Å². The molecule has 6 heteroatoms. The number of hydrogen-bond donors (Lipinski definition) is 2. The van der Waals surface area contributed by atoms with Crippen LogP contribution in [0.2, 0.25) is 0 Å². The Balaban J connectivity index is 2.28. The lowest BCUT2D eigenvalue weighted by Gasteiger charge is -2.12. The van der Waals surface area contributed by atoms with Crippen LogP contribution in [0.15, 0.2) is 48.5 Å². The molecule has 0 saturated heterocycles. The number of rotatable bonds is 4. The van der Waals surface area contributed by atoms with Gasteiger partial charge < -0.3 is 11.5 Å². The lowest BCUT2D eigenvalue weighted by molar-refractivity contribution is -0.137. The molecule has 1 atom stereocenters. The highest BCUT2D eigenvalue weighted by Gasteiger charge is 2.29. The number of hydrogen-bond acceptors (Lipinski definition) is 2. The van der Waals surface area contributed by atoms with E-state index in [2.05, 4.69) is 0 Å². The number of benzene rings is 2. The molecule has 0 aliphatic carbocycles. The van der Waals surface area contributed by atoms with Crippen molar-refractivity contribution in [3.8, 4) is 11.1 Å². The number of nitrogens with two attached hydrogens (primary N) is 2. The number of primary amides is 1. The first kappa shape index (κ1) is 16.0. The summed E-state index contributed by atoms with van der Waals surface area (Å²) >= 11 is 0. The molecule has 1 unspecified atom stereocenters. The molecule has 0 aliphatic heterocycles. The molecular weight excluding hydrogens is 293 g/mol. The Bertz CT molecular complexity index is 666. The van der Waals surface area contributed by atoms with Gasteiger partial charge in [-0.3, -0.25) is 4.79 Å². The highest BCUT2D eigenvalue weighted by atomic mass is 19.4. The Kier molecular flexibility index (Phi) is 4.51. The summed E-state index contributed by atoms with van der Waals surface area (Å²) < 4.78 is 37.7. The average molecular weight is 308 g/mol. The van der Waals surface area contributed by atoms with Crippen LogP contribution in [0.4, 0.5) is 13.2 Å².